The number of anilines is 2. The summed E-state index contributed by atoms with van der Waals surface area (Å²) in [6.07, 6.45) is 1.10. The van der Waals surface area contributed by atoms with Crippen LogP contribution in [-0.4, -0.2) is 27.1 Å². The van der Waals surface area contributed by atoms with Crippen LogP contribution in [0.1, 0.15) is 30.9 Å². The molecule has 0 aliphatic rings. The Morgan fingerprint density at radius 1 is 1.12 bits per heavy atom. The number of rotatable bonds is 6. The van der Waals surface area contributed by atoms with Gasteiger partial charge in [0.15, 0.2) is 0 Å². The van der Waals surface area contributed by atoms with Crippen molar-refractivity contribution in [2.24, 2.45) is 0 Å². The molecule has 0 aromatic heterocycles. The summed E-state index contributed by atoms with van der Waals surface area (Å²) >= 11 is 0. The standard InChI is InChI=1S/C19H24N2O3S/c1-14(2)16-8-10-18(11-9-16)21(25(4,23)24)13-19(22)20-17-7-5-6-15(3)12-17/h5-12,14H,13H2,1-4H3,(H,20,22). The van der Waals surface area contributed by atoms with Gasteiger partial charge in [0.1, 0.15) is 6.54 Å². The van der Waals surface area contributed by atoms with Crippen LogP contribution in [0.15, 0.2) is 48.5 Å². The van der Waals surface area contributed by atoms with Crippen molar-refractivity contribution in [3.8, 4) is 0 Å². The smallest absolute Gasteiger partial charge is 0.245 e. The first kappa shape index (κ1) is 19.0. The molecule has 2 aromatic carbocycles. The number of sulfonamides is 1. The van der Waals surface area contributed by atoms with E-state index in [-0.39, 0.29) is 12.5 Å². The maximum absolute atomic E-state index is 12.3. The van der Waals surface area contributed by atoms with Crippen LogP contribution in [0.5, 0.6) is 0 Å². The summed E-state index contributed by atoms with van der Waals surface area (Å²) in [6.45, 7) is 5.79. The van der Waals surface area contributed by atoms with Gasteiger partial charge in [-0.1, -0.05) is 38.1 Å². The van der Waals surface area contributed by atoms with Crippen LogP contribution in [0, 0.1) is 6.92 Å². The van der Waals surface area contributed by atoms with Crippen molar-refractivity contribution < 1.29 is 13.2 Å². The summed E-state index contributed by atoms with van der Waals surface area (Å²) < 4.78 is 25.4. The van der Waals surface area contributed by atoms with Crippen molar-refractivity contribution in [3.05, 3.63) is 59.7 Å². The molecule has 2 rings (SSSR count). The Bertz CT molecular complexity index is 843. The Balaban J connectivity index is 2.19. The molecule has 0 fully saturated rings. The van der Waals surface area contributed by atoms with Gasteiger partial charge in [-0.3, -0.25) is 9.10 Å². The number of carbonyl (C=O) groups is 1. The molecule has 1 amide bonds. The first-order chi connectivity index (χ1) is 11.7. The molecule has 134 valence electrons. The number of carbonyl (C=O) groups excluding carboxylic acids is 1. The predicted octanol–water partition coefficient (Wildman–Crippen LogP) is 3.52. The number of nitrogens with one attached hydrogen (secondary N) is 1. The van der Waals surface area contributed by atoms with Gasteiger partial charge in [0.05, 0.1) is 11.9 Å². The quantitative estimate of drug-likeness (QED) is 0.857. The van der Waals surface area contributed by atoms with Gasteiger partial charge in [0.25, 0.3) is 0 Å². The lowest BCUT2D eigenvalue weighted by Crippen LogP contribution is -2.37. The van der Waals surface area contributed by atoms with Crippen LogP contribution in [-0.2, 0) is 14.8 Å². The molecule has 0 spiro atoms. The van der Waals surface area contributed by atoms with Gasteiger partial charge in [-0.05, 0) is 48.2 Å². The first-order valence-corrected chi connectivity index (χ1v) is 9.96. The average molecular weight is 360 g/mol. The monoisotopic (exact) mass is 360 g/mol. The fraction of sp³-hybridized carbons (Fsp3) is 0.316. The van der Waals surface area contributed by atoms with E-state index in [9.17, 15) is 13.2 Å². The van der Waals surface area contributed by atoms with Gasteiger partial charge in [-0.15, -0.1) is 0 Å². The van der Waals surface area contributed by atoms with Gasteiger partial charge < -0.3 is 5.32 Å². The number of hydrogen-bond donors (Lipinski definition) is 1. The third kappa shape index (κ3) is 5.32. The zero-order chi connectivity index (χ0) is 18.6. The molecule has 5 nitrogen and oxygen atoms in total. The number of benzene rings is 2. The zero-order valence-corrected chi connectivity index (χ0v) is 15.8. The molecule has 2 aromatic rings. The molecule has 0 aliphatic carbocycles. The number of amides is 1. The van der Waals surface area contributed by atoms with E-state index in [1.165, 1.54) is 0 Å². The van der Waals surface area contributed by atoms with Crippen molar-refractivity contribution >= 4 is 27.3 Å². The van der Waals surface area contributed by atoms with E-state index in [2.05, 4.69) is 19.2 Å². The van der Waals surface area contributed by atoms with Crippen LogP contribution in [0.4, 0.5) is 11.4 Å². The maximum Gasteiger partial charge on any atom is 0.245 e. The molecular weight excluding hydrogens is 336 g/mol. The highest BCUT2D eigenvalue weighted by Crippen LogP contribution is 2.22. The second-order valence-corrected chi connectivity index (χ2v) is 8.34. The summed E-state index contributed by atoms with van der Waals surface area (Å²) in [5, 5.41) is 2.74. The van der Waals surface area contributed by atoms with Crippen molar-refractivity contribution in [2.75, 3.05) is 22.4 Å². The number of hydrogen-bond acceptors (Lipinski definition) is 3. The highest BCUT2D eigenvalue weighted by molar-refractivity contribution is 7.92. The van der Waals surface area contributed by atoms with E-state index in [0.29, 0.717) is 17.3 Å². The molecule has 0 heterocycles. The lowest BCUT2D eigenvalue weighted by molar-refractivity contribution is -0.114. The Hall–Kier alpha value is -2.34. The van der Waals surface area contributed by atoms with Gasteiger partial charge in [0.2, 0.25) is 15.9 Å². The second kappa shape index (κ2) is 7.70. The Kier molecular flexibility index (Phi) is 5.85. The van der Waals surface area contributed by atoms with E-state index >= 15 is 0 Å². The average Bonchev–Trinajstić information content (AvgIpc) is 2.51. The molecule has 0 aliphatic heterocycles. The van der Waals surface area contributed by atoms with Gasteiger partial charge >= 0.3 is 0 Å². The molecule has 0 radical (unpaired) electrons. The minimum atomic E-state index is -3.57. The van der Waals surface area contributed by atoms with Crippen molar-refractivity contribution in [2.45, 2.75) is 26.7 Å². The highest BCUT2D eigenvalue weighted by Gasteiger charge is 2.21. The molecule has 0 unspecified atom stereocenters. The lowest BCUT2D eigenvalue weighted by Gasteiger charge is -2.22. The van der Waals surface area contributed by atoms with E-state index in [4.69, 9.17) is 0 Å². The summed E-state index contributed by atoms with van der Waals surface area (Å²) in [7, 11) is -3.57. The van der Waals surface area contributed by atoms with E-state index in [0.717, 1.165) is 21.7 Å². The third-order valence-corrected chi connectivity index (χ3v) is 4.98. The van der Waals surface area contributed by atoms with Gasteiger partial charge in [0, 0.05) is 5.69 Å². The summed E-state index contributed by atoms with van der Waals surface area (Å²) in [6, 6.07) is 14.6. The van der Waals surface area contributed by atoms with Crippen molar-refractivity contribution in [1.29, 1.82) is 0 Å². The fourth-order valence-electron chi connectivity index (χ4n) is 2.48. The van der Waals surface area contributed by atoms with Crippen molar-refractivity contribution in [3.63, 3.8) is 0 Å². The predicted molar refractivity (Wildman–Crippen MR) is 103 cm³/mol. The minimum absolute atomic E-state index is 0.270. The second-order valence-electron chi connectivity index (χ2n) is 6.43. The number of nitrogens with zero attached hydrogens (tertiary/aromatic N) is 1. The van der Waals surface area contributed by atoms with Crippen LogP contribution in [0.25, 0.3) is 0 Å². The summed E-state index contributed by atoms with van der Waals surface area (Å²) in [5.74, 6) is -0.0330. The fourth-order valence-corrected chi connectivity index (χ4v) is 3.34. The van der Waals surface area contributed by atoms with Crippen LogP contribution >= 0.6 is 0 Å². The van der Waals surface area contributed by atoms with Crippen LogP contribution in [0.2, 0.25) is 0 Å². The summed E-state index contributed by atoms with van der Waals surface area (Å²) in [4.78, 5) is 12.3. The normalized spacial score (nSPS) is 11.4. The van der Waals surface area contributed by atoms with E-state index in [1.807, 2.05) is 37.3 Å². The van der Waals surface area contributed by atoms with Crippen molar-refractivity contribution in [1.82, 2.24) is 0 Å². The Morgan fingerprint density at radius 3 is 2.28 bits per heavy atom. The molecular formula is C19H24N2O3S. The molecule has 25 heavy (non-hydrogen) atoms. The minimum Gasteiger partial charge on any atom is -0.325 e. The first-order valence-electron chi connectivity index (χ1n) is 8.11. The maximum atomic E-state index is 12.3. The Morgan fingerprint density at radius 2 is 1.76 bits per heavy atom. The highest BCUT2D eigenvalue weighted by atomic mass is 32.2. The lowest BCUT2D eigenvalue weighted by atomic mass is 10.0. The number of aryl methyl sites for hydroxylation is 1. The molecule has 0 bridgehead atoms. The largest absolute Gasteiger partial charge is 0.325 e. The van der Waals surface area contributed by atoms with Gasteiger partial charge in [-0.2, -0.15) is 0 Å². The van der Waals surface area contributed by atoms with E-state index in [1.54, 1.807) is 18.2 Å². The SMILES string of the molecule is Cc1cccc(NC(=O)CN(c2ccc(C(C)C)cc2)S(C)(=O)=O)c1. The van der Waals surface area contributed by atoms with Crippen LogP contribution in [0.3, 0.4) is 0 Å². The van der Waals surface area contributed by atoms with Gasteiger partial charge in [-0.25, -0.2) is 8.42 Å². The van der Waals surface area contributed by atoms with E-state index < -0.39 is 10.0 Å². The zero-order valence-electron chi connectivity index (χ0n) is 15.0. The molecule has 0 saturated carbocycles. The third-order valence-electron chi connectivity index (χ3n) is 3.84. The molecule has 0 atom stereocenters. The topological polar surface area (TPSA) is 66.5 Å². The summed E-state index contributed by atoms with van der Waals surface area (Å²) in [5.41, 5.74) is 3.25. The Labute approximate surface area is 149 Å². The molecule has 1 N–H and O–H groups in total. The molecule has 0 saturated heterocycles. The van der Waals surface area contributed by atoms with Crippen LogP contribution < -0.4 is 9.62 Å². The molecule has 6 heteroatoms.